The predicted molar refractivity (Wildman–Crippen MR) is 89.8 cm³/mol. The highest BCUT2D eigenvalue weighted by molar-refractivity contribution is 6.31. The SMILES string of the molecule is O=c1[nH]c(Cc2ccccc2)cn2c1cc1cc(Cl)ccc12. The number of H-pyrrole nitrogens is 1. The quantitative estimate of drug-likeness (QED) is 0.596. The smallest absolute Gasteiger partial charge is 0.272 e. The zero-order chi connectivity index (χ0) is 15.1. The minimum Gasteiger partial charge on any atom is -0.323 e. The molecule has 2 heterocycles. The summed E-state index contributed by atoms with van der Waals surface area (Å²) in [7, 11) is 0. The summed E-state index contributed by atoms with van der Waals surface area (Å²) in [5.74, 6) is 0. The molecular weight excluding hydrogens is 296 g/mol. The van der Waals surface area contributed by atoms with Gasteiger partial charge in [-0.25, -0.2) is 0 Å². The van der Waals surface area contributed by atoms with Crippen LogP contribution in [0.15, 0.2) is 65.6 Å². The maximum absolute atomic E-state index is 12.3. The van der Waals surface area contributed by atoms with Gasteiger partial charge in [-0.2, -0.15) is 0 Å². The van der Waals surface area contributed by atoms with Crippen molar-refractivity contribution in [2.45, 2.75) is 6.42 Å². The number of fused-ring (bicyclic) bond motifs is 3. The van der Waals surface area contributed by atoms with Crippen molar-refractivity contribution in [2.75, 3.05) is 0 Å². The maximum Gasteiger partial charge on any atom is 0.272 e. The van der Waals surface area contributed by atoms with Crippen LogP contribution in [0.4, 0.5) is 0 Å². The lowest BCUT2D eigenvalue weighted by Gasteiger charge is -2.04. The lowest BCUT2D eigenvalue weighted by molar-refractivity contribution is 0.999. The lowest BCUT2D eigenvalue weighted by atomic mass is 10.1. The highest BCUT2D eigenvalue weighted by atomic mass is 35.5. The molecule has 0 saturated heterocycles. The second-order valence-electron chi connectivity index (χ2n) is 5.37. The van der Waals surface area contributed by atoms with E-state index in [1.165, 1.54) is 0 Å². The summed E-state index contributed by atoms with van der Waals surface area (Å²) in [5.41, 5.74) is 3.59. The Morgan fingerprint density at radius 3 is 2.64 bits per heavy atom. The normalized spacial score (nSPS) is 11.3. The van der Waals surface area contributed by atoms with E-state index >= 15 is 0 Å². The van der Waals surface area contributed by atoms with Gasteiger partial charge in [-0.15, -0.1) is 0 Å². The Morgan fingerprint density at radius 1 is 1.00 bits per heavy atom. The number of hydrogen-bond acceptors (Lipinski definition) is 1. The number of aromatic nitrogens is 2. The highest BCUT2D eigenvalue weighted by Gasteiger charge is 2.08. The van der Waals surface area contributed by atoms with Gasteiger partial charge < -0.3 is 9.38 Å². The van der Waals surface area contributed by atoms with Crippen LogP contribution >= 0.6 is 11.6 Å². The van der Waals surface area contributed by atoms with Crippen LogP contribution in [0.1, 0.15) is 11.3 Å². The molecule has 0 aliphatic carbocycles. The number of nitrogens with zero attached hydrogens (tertiary/aromatic N) is 1. The molecule has 0 bridgehead atoms. The van der Waals surface area contributed by atoms with E-state index in [0.29, 0.717) is 17.0 Å². The number of halogens is 1. The van der Waals surface area contributed by atoms with Gasteiger partial charge in [0.15, 0.2) is 0 Å². The van der Waals surface area contributed by atoms with Crippen LogP contribution < -0.4 is 5.56 Å². The number of hydrogen-bond donors (Lipinski definition) is 1. The number of benzene rings is 2. The van der Waals surface area contributed by atoms with Crippen molar-refractivity contribution in [1.82, 2.24) is 9.38 Å². The number of rotatable bonds is 2. The van der Waals surface area contributed by atoms with Crippen LogP contribution in [0.3, 0.4) is 0 Å². The van der Waals surface area contributed by atoms with E-state index in [2.05, 4.69) is 17.1 Å². The van der Waals surface area contributed by atoms with E-state index in [1.54, 1.807) is 0 Å². The standard InChI is InChI=1S/C18H13ClN2O/c19-14-6-7-16-13(9-14)10-17-18(22)20-15(11-21(16)17)8-12-4-2-1-3-5-12/h1-7,9-11H,8H2,(H,20,22). The van der Waals surface area contributed by atoms with Gasteiger partial charge in [-0.1, -0.05) is 41.9 Å². The molecule has 0 spiro atoms. The first kappa shape index (κ1) is 13.2. The van der Waals surface area contributed by atoms with E-state index in [9.17, 15) is 4.79 Å². The van der Waals surface area contributed by atoms with Crippen molar-refractivity contribution in [2.24, 2.45) is 0 Å². The van der Waals surface area contributed by atoms with Crippen molar-refractivity contribution < 1.29 is 0 Å². The van der Waals surface area contributed by atoms with Gasteiger partial charge in [0.25, 0.3) is 5.56 Å². The van der Waals surface area contributed by atoms with Gasteiger partial charge in [0, 0.05) is 28.7 Å². The number of nitrogens with one attached hydrogen (secondary N) is 1. The fraction of sp³-hybridized carbons (Fsp3) is 0.0556. The lowest BCUT2D eigenvalue weighted by Crippen LogP contribution is -2.12. The van der Waals surface area contributed by atoms with E-state index in [1.807, 2.05) is 53.1 Å². The molecule has 108 valence electrons. The van der Waals surface area contributed by atoms with Gasteiger partial charge in [-0.05, 0) is 29.8 Å². The van der Waals surface area contributed by atoms with Gasteiger partial charge in [-0.3, -0.25) is 4.79 Å². The summed E-state index contributed by atoms with van der Waals surface area (Å²) < 4.78 is 1.93. The van der Waals surface area contributed by atoms with Gasteiger partial charge in [0.2, 0.25) is 0 Å². The van der Waals surface area contributed by atoms with Crippen LogP contribution in [0.2, 0.25) is 5.02 Å². The molecular formula is C18H13ClN2O. The Balaban J connectivity index is 1.91. The second-order valence-corrected chi connectivity index (χ2v) is 5.81. The van der Waals surface area contributed by atoms with Crippen LogP contribution in [0.25, 0.3) is 16.4 Å². The predicted octanol–water partition coefficient (Wildman–Crippen LogP) is 4.03. The molecule has 0 aliphatic heterocycles. The molecule has 2 aromatic carbocycles. The maximum atomic E-state index is 12.3. The molecule has 1 N–H and O–H groups in total. The average molecular weight is 309 g/mol. The summed E-state index contributed by atoms with van der Waals surface area (Å²) >= 11 is 6.03. The van der Waals surface area contributed by atoms with E-state index in [4.69, 9.17) is 11.6 Å². The summed E-state index contributed by atoms with van der Waals surface area (Å²) in [6.07, 6.45) is 2.68. The van der Waals surface area contributed by atoms with Crippen LogP contribution in [-0.2, 0) is 6.42 Å². The Kier molecular flexibility index (Phi) is 3.01. The molecule has 0 fully saturated rings. The summed E-state index contributed by atoms with van der Waals surface area (Å²) in [6, 6.07) is 17.6. The average Bonchev–Trinajstić information content (AvgIpc) is 2.86. The van der Waals surface area contributed by atoms with Gasteiger partial charge in [0.05, 0.1) is 5.52 Å². The minimum atomic E-state index is -0.0826. The number of aromatic amines is 1. The van der Waals surface area contributed by atoms with E-state index in [0.717, 1.165) is 22.2 Å². The van der Waals surface area contributed by atoms with Crippen LogP contribution in [0, 0.1) is 0 Å². The summed E-state index contributed by atoms with van der Waals surface area (Å²) in [6.45, 7) is 0. The first-order valence-corrected chi connectivity index (χ1v) is 7.45. The third-order valence-corrected chi connectivity index (χ3v) is 4.07. The van der Waals surface area contributed by atoms with Crippen LogP contribution in [-0.4, -0.2) is 9.38 Å². The third kappa shape index (κ3) is 2.20. The van der Waals surface area contributed by atoms with E-state index in [-0.39, 0.29) is 5.56 Å². The Hall–Kier alpha value is -2.52. The fourth-order valence-corrected chi connectivity index (χ4v) is 3.01. The Labute approximate surface area is 131 Å². The molecule has 0 radical (unpaired) electrons. The zero-order valence-corrected chi connectivity index (χ0v) is 12.5. The van der Waals surface area contributed by atoms with Crippen molar-refractivity contribution >= 4 is 28.0 Å². The van der Waals surface area contributed by atoms with Crippen molar-refractivity contribution in [1.29, 1.82) is 0 Å². The third-order valence-electron chi connectivity index (χ3n) is 3.83. The molecule has 0 amide bonds. The zero-order valence-electron chi connectivity index (χ0n) is 11.7. The molecule has 0 saturated carbocycles. The highest BCUT2D eigenvalue weighted by Crippen LogP contribution is 2.22. The monoisotopic (exact) mass is 308 g/mol. The Morgan fingerprint density at radius 2 is 1.82 bits per heavy atom. The van der Waals surface area contributed by atoms with Crippen molar-refractivity contribution in [3.05, 3.63) is 87.4 Å². The molecule has 0 aliphatic rings. The molecule has 3 nitrogen and oxygen atoms in total. The van der Waals surface area contributed by atoms with Gasteiger partial charge in [0.1, 0.15) is 5.52 Å². The molecule has 2 aromatic heterocycles. The second kappa shape index (κ2) is 5.04. The summed E-state index contributed by atoms with van der Waals surface area (Å²) in [5, 5.41) is 1.64. The molecule has 4 aromatic rings. The fourth-order valence-electron chi connectivity index (χ4n) is 2.82. The molecule has 0 atom stereocenters. The first-order valence-electron chi connectivity index (χ1n) is 7.07. The molecule has 0 unspecified atom stereocenters. The topological polar surface area (TPSA) is 37.3 Å². The minimum absolute atomic E-state index is 0.0826. The van der Waals surface area contributed by atoms with Gasteiger partial charge >= 0.3 is 0 Å². The Bertz CT molecular complexity index is 1030. The van der Waals surface area contributed by atoms with E-state index < -0.39 is 0 Å². The molecule has 4 rings (SSSR count). The van der Waals surface area contributed by atoms with Crippen molar-refractivity contribution in [3.63, 3.8) is 0 Å². The van der Waals surface area contributed by atoms with Crippen LogP contribution in [0.5, 0.6) is 0 Å². The van der Waals surface area contributed by atoms with Crippen molar-refractivity contribution in [3.8, 4) is 0 Å². The molecule has 22 heavy (non-hydrogen) atoms. The summed E-state index contributed by atoms with van der Waals surface area (Å²) in [4.78, 5) is 15.3. The largest absolute Gasteiger partial charge is 0.323 e. The molecule has 4 heteroatoms. The first-order chi connectivity index (χ1) is 10.7.